The highest BCUT2D eigenvalue weighted by atomic mass is 16.6. The number of methoxy groups -OCH3 is 3. The maximum Gasteiger partial charge on any atom is 0.276 e. The highest BCUT2D eigenvalue weighted by molar-refractivity contribution is 6.03. The fourth-order valence-electron chi connectivity index (χ4n) is 3.28. The van der Waals surface area contributed by atoms with Gasteiger partial charge in [0.25, 0.3) is 5.69 Å². The molecule has 3 aromatic rings. The van der Waals surface area contributed by atoms with E-state index in [2.05, 4.69) is 5.32 Å². The molecular weight excluding hydrogens is 452 g/mol. The molecule has 0 unspecified atom stereocenters. The van der Waals surface area contributed by atoms with Gasteiger partial charge in [0, 0.05) is 12.1 Å². The van der Waals surface area contributed by atoms with Crippen LogP contribution < -0.4 is 19.5 Å². The van der Waals surface area contributed by atoms with E-state index in [0.29, 0.717) is 28.4 Å². The number of hydrogen-bond acceptors (Lipinski definition) is 7. The highest BCUT2D eigenvalue weighted by Gasteiger charge is 2.13. The maximum absolute atomic E-state index is 12.4. The van der Waals surface area contributed by atoms with Crippen LogP contribution in [0.15, 0.2) is 60.7 Å². The van der Waals surface area contributed by atoms with Gasteiger partial charge in [-0.15, -0.1) is 0 Å². The van der Waals surface area contributed by atoms with Crippen LogP contribution in [-0.2, 0) is 4.79 Å². The van der Waals surface area contributed by atoms with Crippen molar-refractivity contribution in [2.24, 2.45) is 0 Å². The molecule has 2 N–H and O–H groups in total. The van der Waals surface area contributed by atoms with Crippen LogP contribution in [0.25, 0.3) is 18.2 Å². The van der Waals surface area contributed by atoms with Crippen molar-refractivity contribution in [1.82, 2.24) is 0 Å². The number of nitrogens with one attached hydrogen (secondary N) is 1. The van der Waals surface area contributed by atoms with E-state index in [4.69, 9.17) is 14.2 Å². The minimum Gasteiger partial charge on any atom is -0.506 e. The van der Waals surface area contributed by atoms with Crippen molar-refractivity contribution in [3.63, 3.8) is 0 Å². The summed E-state index contributed by atoms with van der Waals surface area (Å²) >= 11 is 0. The molecule has 0 radical (unpaired) electrons. The molecule has 0 spiro atoms. The van der Waals surface area contributed by atoms with Crippen molar-refractivity contribution >= 4 is 35.5 Å². The predicted molar refractivity (Wildman–Crippen MR) is 134 cm³/mol. The molecule has 0 bridgehead atoms. The van der Waals surface area contributed by atoms with Crippen LogP contribution in [0.2, 0.25) is 0 Å². The van der Waals surface area contributed by atoms with Crippen LogP contribution in [0.4, 0.5) is 11.4 Å². The average molecular weight is 476 g/mol. The van der Waals surface area contributed by atoms with Crippen LogP contribution in [-0.4, -0.2) is 37.3 Å². The number of nitro groups is 1. The van der Waals surface area contributed by atoms with Gasteiger partial charge in [-0.25, -0.2) is 0 Å². The normalized spacial score (nSPS) is 10.9. The van der Waals surface area contributed by atoms with Gasteiger partial charge < -0.3 is 24.6 Å². The van der Waals surface area contributed by atoms with Gasteiger partial charge in [-0.3, -0.25) is 14.9 Å². The van der Waals surface area contributed by atoms with E-state index in [9.17, 15) is 20.0 Å². The molecule has 3 aromatic carbocycles. The monoisotopic (exact) mass is 476 g/mol. The predicted octanol–water partition coefficient (Wildman–Crippen LogP) is 5.15. The second kappa shape index (κ2) is 11.4. The number of amides is 1. The summed E-state index contributed by atoms with van der Waals surface area (Å²) < 4.78 is 16.1. The van der Waals surface area contributed by atoms with Gasteiger partial charge in [0.1, 0.15) is 5.75 Å². The number of nitrogens with zero attached hydrogens (tertiary/aromatic N) is 1. The zero-order valence-electron chi connectivity index (χ0n) is 19.3. The van der Waals surface area contributed by atoms with E-state index in [1.165, 1.54) is 51.7 Å². The maximum atomic E-state index is 12.4. The molecule has 0 atom stereocenters. The van der Waals surface area contributed by atoms with Crippen molar-refractivity contribution in [3.8, 4) is 23.0 Å². The number of carbonyl (C=O) groups is 1. The molecule has 180 valence electrons. The summed E-state index contributed by atoms with van der Waals surface area (Å²) in [4.78, 5) is 23.0. The lowest BCUT2D eigenvalue weighted by Crippen LogP contribution is -2.08. The van der Waals surface area contributed by atoms with Crippen LogP contribution >= 0.6 is 0 Å². The summed E-state index contributed by atoms with van der Waals surface area (Å²) in [5.41, 5.74) is 1.85. The van der Waals surface area contributed by atoms with E-state index >= 15 is 0 Å². The molecule has 0 saturated carbocycles. The third kappa shape index (κ3) is 6.17. The van der Waals surface area contributed by atoms with Gasteiger partial charge in [0.05, 0.1) is 37.5 Å². The molecule has 1 amide bonds. The van der Waals surface area contributed by atoms with Crippen LogP contribution in [0, 0.1) is 10.1 Å². The van der Waals surface area contributed by atoms with Crippen LogP contribution in [0.3, 0.4) is 0 Å². The first-order valence-corrected chi connectivity index (χ1v) is 10.4. The Morgan fingerprint density at radius 2 is 1.57 bits per heavy atom. The third-order valence-corrected chi connectivity index (χ3v) is 4.98. The fourth-order valence-corrected chi connectivity index (χ4v) is 3.28. The summed E-state index contributed by atoms with van der Waals surface area (Å²) in [6.45, 7) is 0. The second-order valence-corrected chi connectivity index (χ2v) is 7.21. The number of phenols is 1. The number of aromatic hydroxyl groups is 1. The number of nitro benzene ring substituents is 1. The lowest BCUT2D eigenvalue weighted by atomic mass is 10.1. The topological polar surface area (TPSA) is 120 Å². The Hall–Kier alpha value is -4.79. The van der Waals surface area contributed by atoms with E-state index in [1.807, 2.05) is 6.08 Å². The first-order chi connectivity index (χ1) is 16.9. The molecule has 9 heteroatoms. The zero-order valence-corrected chi connectivity index (χ0v) is 19.3. The first-order valence-electron chi connectivity index (χ1n) is 10.4. The minimum atomic E-state index is -0.552. The highest BCUT2D eigenvalue weighted by Crippen LogP contribution is 2.38. The molecule has 0 aliphatic rings. The molecule has 35 heavy (non-hydrogen) atoms. The van der Waals surface area contributed by atoms with Crippen molar-refractivity contribution in [1.29, 1.82) is 0 Å². The van der Waals surface area contributed by atoms with Crippen molar-refractivity contribution in [2.45, 2.75) is 0 Å². The molecule has 0 aromatic heterocycles. The molecule has 3 rings (SSSR count). The fraction of sp³-hybridized carbons (Fsp3) is 0.115. The van der Waals surface area contributed by atoms with Crippen molar-refractivity contribution in [3.05, 3.63) is 87.5 Å². The van der Waals surface area contributed by atoms with Crippen LogP contribution in [0.1, 0.15) is 16.7 Å². The van der Waals surface area contributed by atoms with E-state index in [-0.39, 0.29) is 17.1 Å². The molecule has 9 nitrogen and oxygen atoms in total. The Morgan fingerprint density at radius 3 is 2.20 bits per heavy atom. The standard InChI is InChI=1S/C26H24N2O7/c1-33-23-15-18(16-24(34-2)26(23)35-3)9-8-17-10-12-22(29)20(14-17)27-25(30)13-11-19-6-4-5-7-21(19)28(31)32/h4-16,29H,1-3H3,(H,27,30)/b9-8+,13-11+. The van der Waals surface area contributed by atoms with E-state index in [0.717, 1.165) is 5.56 Å². The molecular formula is C26H24N2O7. The number of rotatable bonds is 9. The number of carbonyl (C=O) groups excluding carboxylic acids is 1. The Balaban J connectivity index is 1.79. The van der Waals surface area contributed by atoms with Gasteiger partial charge in [0.2, 0.25) is 11.7 Å². The quantitative estimate of drug-likeness (QED) is 0.144. The SMILES string of the molecule is COc1cc(/C=C/c2ccc(O)c(NC(=O)/C=C/c3ccccc3[N+](=O)[O-])c2)cc(OC)c1OC. The summed E-state index contributed by atoms with van der Waals surface area (Å²) in [5.74, 6) is 0.827. The van der Waals surface area contributed by atoms with Crippen molar-refractivity contribution < 1.29 is 29.0 Å². The number of para-hydroxylation sites is 1. The van der Waals surface area contributed by atoms with E-state index < -0.39 is 10.8 Å². The van der Waals surface area contributed by atoms with Gasteiger partial charge in [-0.2, -0.15) is 0 Å². The zero-order chi connectivity index (χ0) is 25.4. The number of hydrogen-bond donors (Lipinski definition) is 2. The number of phenolic OH excluding ortho intramolecular Hbond substituents is 1. The van der Waals surface area contributed by atoms with Crippen molar-refractivity contribution in [2.75, 3.05) is 26.6 Å². The Bertz CT molecular complexity index is 1270. The molecule has 0 aliphatic carbocycles. The summed E-state index contributed by atoms with van der Waals surface area (Å²) in [5, 5.41) is 23.9. The van der Waals surface area contributed by atoms with Gasteiger partial charge in [-0.1, -0.05) is 30.4 Å². The average Bonchev–Trinajstić information content (AvgIpc) is 2.87. The molecule has 0 heterocycles. The third-order valence-electron chi connectivity index (χ3n) is 4.98. The number of ether oxygens (including phenoxy) is 3. The summed E-state index contributed by atoms with van der Waals surface area (Å²) in [6.07, 6.45) is 6.12. The van der Waals surface area contributed by atoms with Crippen LogP contribution in [0.5, 0.6) is 23.0 Å². The van der Waals surface area contributed by atoms with Gasteiger partial charge in [0.15, 0.2) is 11.5 Å². The first kappa shape index (κ1) is 24.8. The number of anilines is 1. The van der Waals surface area contributed by atoms with E-state index in [1.54, 1.807) is 42.5 Å². The molecule has 0 aliphatic heterocycles. The molecule has 0 fully saturated rings. The lowest BCUT2D eigenvalue weighted by Gasteiger charge is -2.12. The van der Waals surface area contributed by atoms with Gasteiger partial charge in [-0.05, 0) is 47.5 Å². The smallest absolute Gasteiger partial charge is 0.276 e. The Labute approximate surface area is 202 Å². The molecule has 0 saturated heterocycles. The summed E-state index contributed by atoms with van der Waals surface area (Å²) in [7, 11) is 4.59. The number of benzene rings is 3. The minimum absolute atomic E-state index is 0.113. The largest absolute Gasteiger partial charge is 0.506 e. The van der Waals surface area contributed by atoms with Gasteiger partial charge >= 0.3 is 0 Å². The Morgan fingerprint density at radius 1 is 0.914 bits per heavy atom. The second-order valence-electron chi connectivity index (χ2n) is 7.21. The Kier molecular flexibility index (Phi) is 8.07. The lowest BCUT2D eigenvalue weighted by molar-refractivity contribution is -0.385. The summed E-state index contributed by atoms with van der Waals surface area (Å²) in [6, 6.07) is 14.4.